The predicted molar refractivity (Wildman–Crippen MR) is 72.0 cm³/mol. The summed E-state index contributed by atoms with van der Waals surface area (Å²) < 4.78 is 6.66. The van der Waals surface area contributed by atoms with Gasteiger partial charge in [0.05, 0.1) is 4.47 Å². The quantitative estimate of drug-likeness (QED) is 0.859. The summed E-state index contributed by atoms with van der Waals surface area (Å²) in [6.07, 6.45) is 0. The summed E-state index contributed by atoms with van der Waals surface area (Å²) in [7, 11) is 0. The topological polar surface area (TPSA) is 26.3 Å². The van der Waals surface area contributed by atoms with E-state index in [1.165, 1.54) is 5.56 Å². The smallest absolute Gasteiger partial charge is 0.133 e. The fourth-order valence-corrected chi connectivity index (χ4v) is 1.70. The van der Waals surface area contributed by atoms with Crippen LogP contribution in [-0.2, 0) is 11.4 Å². The van der Waals surface area contributed by atoms with Gasteiger partial charge in [-0.05, 0) is 33.6 Å². The van der Waals surface area contributed by atoms with E-state index >= 15 is 0 Å². The Morgan fingerprint density at radius 1 is 0.941 bits per heavy atom. The minimum absolute atomic E-state index is 0.601. The van der Waals surface area contributed by atoms with Gasteiger partial charge in [-0.15, -0.1) is 0 Å². The van der Waals surface area contributed by atoms with Gasteiger partial charge in [0.25, 0.3) is 0 Å². The minimum Gasteiger partial charge on any atom is -0.488 e. The van der Waals surface area contributed by atoms with E-state index in [2.05, 4.69) is 28.1 Å². The average Bonchev–Trinajstić information content (AvgIpc) is 2.41. The molecule has 2 rings (SSSR count). The molecule has 0 radical (unpaired) electrons. The third-order valence-electron chi connectivity index (χ3n) is 2.07. The molecule has 0 heterocycles. The van der Waals surface area contributed by atoms with E-state index < -0.39 is 0 Å². The molecule has 0 aliphatic heterocycles. The predicted octanol–water partition coefficient (Wildman–Crippen LogP) is 3.84. The van der Waals surface area contributed by atoms with E-state index in [1.807, 2.05) is 49.3 Å². The molecule has 0 spiro atoms. The summed E-state index contributed by atoms with van der Waals surface area (Å²) in [6.45, 7) is 2.60. The van der Waals surface area contributed by atoms with Gasteiger partial charge in [-0.2, -0.15) is 0 Å². The highest BCUT2D eigenvalue weighted by atomic mass is 79.9. The largest absolute Gasteiger partial charge is 0.488 e. The van der Waals surface area contributed by atoms with E-state index in [9.17, 15) is 0 Å². The summed E-state index contributed by atoms with van der Waals surface area (Å²) in [5.41, 5.74) is 1.17. The minimum atomic E-state index is 0.601. The van der Waals surface area contributed by atoms with E-state index in [-0.39, 0.29) is 0 Å². The molecule has 0 saturated heterocycles. The third kappa shape index (κ3) is 4.41. The first-order valence-corrected chi connectivity index (χ1v) is 5.86. The zero-order valence-corrected chi connectivity index (χ0v) is 10.9. The van der Waals surface area contributed by atoms with E-state index in [0.29, 0.717) is 6.61 Å². The van der Waals surface area contributed by atoms with Crippen LogP contribution in [0.15, 0.2) is 59.1 Å². The molecule has 17 heavy (non-hydrogen) atoms. The number of para-hydroxylation sites is 1. The van der Waals surface area contributed by atoms with Crippen LogP contribution in [0.3, 0.4) is 0 Å². The molecule has 3 heteroatoms. The molecule has 0 amide bonds. The number of hydrogen-bond acceptors (Lipinski definition) is 2. The molecular weight excluding hydrogens is 280 g/mol. The van der Waals surface area contributed by atoms with Crippen LogP contribution >= 0.6 is 15.9 Å². The van der Waals surface area contributed by atoms with Crippen molar-refractivity contribution in [3.8, 4) is 5.75 Å². The van der Waals surface area contributed by atoms with Crippen molar-refractivity contribution in [3.63, 3.8) is 0 Å². The Bertz CT molecular complexity index is 443. The first-order valence-electron chi connectivity index (χ1n) is 5.06. The second-order valence-corrected chi connectivity index (χ2v) is 4.06. The third-order valence-corrected chi connectivity index (χ3v) is 2.73. The summed E-state index contributed by atoms with van der Waals surface area (Å²) >= 11 is 3.44. The Hall–Kier alpha value is -1.61. The Morgan fingerprint density at radius 3 is 2.18 bits per heavy atom. The molecule has 2 aromatic carbocycles. The maximum absolute atomic E-state index is 8.00. The maximum atomic E-state index is 8.00. The van der Waals surface area contributed by atoms with Crippen LogP contribution in [0.1, 0.15) is 5.56 Å². The van der Waals surface area contributed by atoms with Gasteiger partial charge in [-0.3, -0.25) is 0 Å². The highest BCUT2D eigenvalue weighted by Gasteiger charge is 1.98. The van der Waals surface area contributed by atoms with Gasteiger partial charge in [0, 0.05) is 0 Å². The van der Waals surface area contributed by atoms with Crippen molar-refractivity contribution < 1.29 is 9.53 Å². The van der Waals surface area contributed by atoms with Gasteiger partial charge in [0.1, 0.15) is 19.1 Å². The van der Waals surface area contributed by atoms with E-state index in [4.69, 9.17) is 9.53 Å². The monoisotopic (exact) mass is 292 g/mol. The molecular formula is C14H13BrO2. The Morgan fingerprint density at radius 2 is 1.53 bits per heavy atom. The lowest BCUT2D eigenvalue weighted by Crippen LogP contribution is -1.95. The maximum Gasteiger partial charge on any atom is 0.133 e. The molecule has 0 bridgehead atoms. The molecule has 2 nitrogen and oxygen atoms in total. The van der Waals surface area contributed by atoms with Crippen LogP contribution in [0.2, 0.25) is 0 Å². The lowest BCUT2D eigenvalue weighted by Gasteiger charge is -2.07. The molecule has 0 fully saturated rings. The van der Waals surface area contributed by atoms with Gasteiger partial charge >= 0.3 is 0 Å². The van der Waals surface area contributed by atoms with E-state index in [1.54, 1.807) is 0 Å². The van der Waals surface area contributed by atoms with Crippen molar-refractivity contribution in [1.29, 1.82) is 0 Å². The van der Waals surface area contributed by atoms with E-state index in [0.717, 1.165) is 10.2 Å². The van der Waals surface area contributed by atoms with Crippen LogP contribution in [0, 0.1) is 0 Å². The fourth-order valence-electron chi connectivity index (χ4n) is 1.30. The Kier molecular flexibility index (Phi) is 6.04. The van der Waals surface area contributed by atoms with Crippen LogP contribution in [0.25, 0.3) is 0 Å². The molecule has 0 N–H and O–H groups in total. The molecule has 0 unspecified atom stereocenters. The molecule has 0 atom stereocenters. The number of ether oxygens (including phenoxy) is 1. The van der Waals surface area contributed by atoms with Gasteiger partial charge < -0.3 is 9.53 Å². The van der Waals surface area contributed by atoms with Crippen LogP contribution in [0.5, 0.6) is 5.75 Å². The van der Waals surface area contributed by atoms with Crippen LogP contribution in [0.4, 0.5) is 0 Å². The van der Waals surface area contributed by atoms with Crippen LogP contribution in [-0.4, -0.2) is 6.79 Å². The number of rotatable bonds is 3. The lowest BCUT2D eigenvalue weighted by molar-refractivity contribution is -0.0979. The Balaban J connectivity index is 0.000000686. The molecule has 0 aromatic heterocycles. The molecule has 88 valence electrons. The zero-order valence-electron chi connectivity index (χ0n) is 9.30. The van der Waals surface area contributed by atoms with Crippen molar-refractivity contribution in [2.24, 2.45) is 0 Å². The second kappa shape index (κ2) is 7.63. The zero-order chi connectivity index (χ0) is 12.5. The van der Waals surface area contributed by atoms with Gasteiger partial charge in [0.2, 0.25) is 0 Å². The molecule has 0 aliphatic rings. The van der Waals surface area contributed by atoms with Crippen LogP contribution < -0.4 is 4.74 Å². The number of benzene rings is 2. The average molecular weight is 293 g/mol. The fraction of sp³-hybridized carbons (Fsp3) is 0.0714. The first kappa shape index (κ1) is 13.5. The summed E-state index contributed by atoms with van der Waals surface area (Å²) in [5.74, 6) is 0.876. The highest BCUT2D eigenvalue weighted by molar-refractivity contribution is 9.10. The summed E-state index contributed by atoms with van der Waals surface area (Å²) in [6, 6.07) is 18.0. The van der Waals surface area contributed by atoms with Gasteiger partial charge in [0.15, 0.2) is 0 Å². The van der Waals surface area contributed by atoms with Gasteiger partial charge in [-0.1, -0.05) is 42.5 Å². The summed E-state index contributed by atoms with van der Waals surface area (Å²) in [5, 5.41) is 0. The van der Waals surface area contributed by atoms with Crippen molar-refractivity contribution in [2.45, 2.75) is 6.61 Å². The molecule has 0 saturated carbocycles. The molecule has 2 aromatic rings. The molecule has 0 aliphatic carbocycles. The Labute approximate surface area is 109 Å². The normalized spacial score (nSPS) is 9.00. The van der Waals surface area contributed by atoms with Gasteiger partial charge in [-0.25, -0.2) is 0 Å². The number of carbonyl (C=O) groups is 1. The number of halogens is 1. The van der Waals surface area contributed by atoms with Crippen molar-refractivity contribution in [3.05, 3.63) is 64.6 Å². The highest BCUT2D eigenvalue weighted by Crippen LogP contribution is 2.24. The van der Waals surface area contributed by atoms with Crippen molar-refractivity contribution >= 4 is 22.7 Å². The lowest BCUT2D eigenvalue weighted by atomic mass is 10.2. The second-order valence-electron chi connectivity index (χ2n) is 3.20. The van der Waals surface area contributed by atoms with Crippen molar-refractivity contribution in [2.75, 3.05) is 0 Å². The number of carbonyl (C=O) groups excluding carboxylic acids is 1. The summed E-state index contributed by atoms with van der Waals surface area (Å²) in [4.78, 5) is 8.00. The standard InChI is InChI=1S/C13H11BrO.CH2O/c14-12-8-4-5-9-13(12)15-10-11-6-2-1-3-7-11;1-2/h1-9H,10H2;1H2. The first-order chi connectivity index (χ1) is 8.36. The van der Waals surface area contributed by atoms with Crippen molar-refractivity contribution in [1.82, 2.24) is 0 Å². The SMILES string of the molecule is Brc1ccccc1OCc1ccccc1.C=O. The number of hydrogen-bond donors (Lipinski definition) is 0.